The van der Waals surface area contributed by atoms with Crippen molar-refractivity contribution in [2.75, 3.05) is 20.8 Å². The number of nitrogens with one attached hydrogen (secondary N) is 1. The molecule has 0 saturated heterocycles. The summed E-state index contributed by atoms with van der Waals surface area (Å²) in [7, 11) is 3.06. The summed E-state index contributed by atoms with van der Waals surface area (Å²) < 4.78 is 10.8. The summed E-state index contributed by atoms with van der Waals surface area (Å²) >= 11 is 3.37. The van der Waals surface area contributed by atoms with Crippen LogP contribution in [0.4, 0.5) is 0 Å². The molecule has 0 aliphatic carbocycles. The van der Waals surface area contributed by atoms with Crippen LogP contribution in [0.5, 0.6) is 0 Å². The molecule has 0 atom stereocenters. The summed E-state index contributed by atoms with van der Waals surface area (Å²) in [6.07, 6.45) is -0.428. The van der Waals surface area contributed by atoms with Crippen molar-refractivity contribution >= 4 is 21.8 Å². The number of methoxy groups -OCH3 is 2. The van der Waals surface area contributed by atoms with Crippen LogP contribution >= 0.6 is 15.9 Å². The Balaban J connectivity index is 2.64. The number of aryl methyl sites for hydroxylation is 1. The van der Waals surface area contributed by atoms with Gasteiger partial charge < -0.3 is 14.8 Å². The van der Waals surface area contributed by atoms with E-state index < -0.39 is 6.29 Å². The van der Waals surface area contributed by atoms with E-state index in [1.54, 1.807) is 6.07 Å². The van der Waals surface area contributed by atoms with Crippen LogP contribution in [-0.2, 0) is 9.47 Å². The van der Waals surface area contributed by atoms with Gasteiger partial charge in [0.1, 0.15) is 0 Å². The summed E-state index contributed by atoms with van der Waals surface area (Å²) in [5.74, 6) is -0.157. The molecule has 1 amide bonds. The first-order valence-corrected chi connectivity index (χ1v) is 5.97. The van der Waals surface area contributed by atoms with Crippen molar-refractivity contribution < 1.29 is 14.3 Å². The van der Waals surface area contributed by atoms with Crippen LogP contribution < -0.4 is 5.32 Å². The first-order chi connectivity index (χ1) is 8.08. The molecule has 1 rings (SSSR count). The minimum atomic E-state index is -0.428. The second kappa shape index (κ2) is 6.74. The molecule has 0 unspecified atom stereocenters. The quantitative estimate of drug-likeness (QED) is 0.847. The molecule has 5 heteroatoms. The van der Waals surface area contributed by atoms with Crippen LogP contribution in [0.1, 0.15) is 15.9 Å². The van der Waals surface area contributed by atoms with Crippen LogP contribution in [0.15, 0.2) is 22.7 Å². The Morgan fingerprint density at radius 3 is 2.59 bits per heavy atom. The molecular weight excluding hydrogens is 286 g/mol. The van der Waals surface area contributed by atoms with E-state index in [1.165, 1.54) is 14.2 Å². The lowest BCUT2D eigenvalue weighted by Gasteiger charge is -2.14. The third-order valence-corrected chi connectivity index (χ3v) is 2.98. The Morgan fingerprint density at radius 2 is 2.06 bits per heavy atom. The minimum absolute atomic E-state index is 0.157. The number of benzene rings is 1. The molecule has 0 radical (unpaired) electrons. The molecule has 1 aromatic rings. The highest BCUT2D eigenvalue weighted by Crippen LogP contribution is 2.18. The average molecular weight is 302 g/mol. The molecule has 0 fully saturated rings. The van der Waals surface area contributed by atoms with E-state index in [9.17, 15) is 4.79 Å². The smallest absolute Gasteiger partial charge is 0.252 e. The number of hydrogen-bond donors (Lipinski definition) is 1. The SMILES string of the molecule is COC(CNC(=O)c1ccc(C)cc1Br)OC. The highest BCUT2D eigenvalue weighted by molar-refractivity contribution is 9.10. The Hall–Kier alpha value is -0.910. The van der Waals surface area contributed by atoms with Crippen molar-refractivity contribution in [1.29, 1.82) is 0 Å². The van der Waals surface area contributed by atoms with Gasteiger partial charge in [-0.2, -0.15) is 0 Å². The molecule has 17 heavy (non-hydrogen) atoms. The predicted octanol–water partition coefficient (Wildman–Crippen LogP) is 2.11. The Morgan fingerprint density at radius 1 is 1.41 bits per heavy atom. The van der Waals surface area contributed by atoms with Gasteiger partial charge in [0.05, 0.1) is 12.1 Å². The Bertz CT molecular complexity index is 391. The second-order valence-corrected chi connectivity index (χ2v) is 4.45. The highest BCUT2D eigenvalue weighted by Gasteiger charge is 2.12. The van der Waals surface area contributed by atoms with Crippen LogP contribution in [0.2, 0.25) is 0 Å². The first-order valence-electron chi connectivity index (χ1n) is 5.18. The number of ether oxygens (including phenoxy) is 2. The maximum Gasteiger partial charge on any atom is 0.252 e. The zero-order valence-corrected chi connectivity index (χ0v) is 11.7. The molecule has 1 N–H and O–H groups in total. The molecule has 0 aliphatic rings. The van der Waals surface area contributed by atoms with Gasteiger partial charge in [0.2, 0.25) is 0 Å². The second-order valence-electron chi connectivity index (χ2n) is 3.59. The molecule has 0 aliphatic heterocycles. The maximum absolute atomic E-state index is 11.9. The summed E-state index contributed by atoms with van der Waals surface area (Å²) in [4.78, 5) is 11.9. The van der Waals surface area contributed by atoms with Gasteiger partial charge in [0.25, 0.3) is 5.91 Å². The summed E-state index contributed by atoms with van der Waals surface area (Å²) in [5.41, 5.74) is 1.70. The van der Waals surface area contributed by atoms with Gasteiger partial charge in [-0.3, -0.25) is 4.79 Å². The van der Waals surface area contributed by atoms with Gasteiger partial charge in [-0.25, -0.2) is 0 Å². The van der Waals surface area contributed by atoms with Crippen LogP contribution in [-0.4, -0.2) is 33.0 Å². The van der Waals surface area contributed by atoms with E-state index in [4.69, 9.17) is 9.47 Å². The number of halogens is 1. The third kappa shape index (κ3) is 4.11. The van der Waals surface area contributed by atoms with E-state index in [0.717, 1.165) is 10.0 Å². The zero-order chi connectivity index (χ0) is 12.8. The van der Waals surface area contributed by atoms with Gasteiger partial charge in [0, 0.05) is 18.7 Å². The molecule has 0 saturated carbocycles. The van der Waals surface area contributed by atoms with Gasteiger partial charge in [-0.1, -0.05) is 6.07 Å². The molecule has 0 heterocycles. The third-order valence-electron chi connectivity index (χ3n) is 2.32. The van der Waals surface area contributed by atoms with Crippen LogP contribution in [0, 0.1) is 6.92 Å². The first kappa shape index (κ1) is 14.2. The van der Waals surface area contributed by atoms with Crippen molar-refractivity contribution in [3.8, 4) is 0 Å². The fourth-order valence-electron chi connectivity index (χ4n) is 1.34. The van der Waals surface area contributed by atoms with Gasteiger partial charge in [-0.15, -0.1) is 0 Å². The average Bonchev–Trinajstić information content (AvgIpc) is 2.30. The minimum Gasteiger partial charge on any atom is -0.354 e. The molecule has 0 aromatic heterocycles. The predicted molar refractivity (Wildman–Crippen MR) is 69.0 cm³/mol. The Kier molecular flexibility index (Phi) is 5.61. The molecule has 0 spiro atoms. The number of carbonyl (C=O) groups excluding carboxylic acids is 1. The maximum atomic E-state index is 11.9. The highest BCUT2D eigenvalue weighted by atomic mass is 79.9. The molecule has 1 aromatic carbocycles. The van der Waals surface area contributed by atoms with Crippen LogP contribution in [0.25, 0.3) is 0 Å². The molecule has 94 valence electrons. The normalized spacial score (nSPS) is 10.6. The van der Waals surface area contributed by atoms with Gasteiger partial charge in [-0.05, 0) is 40.5 Å². The molecule has 0 bridgehead atoms. The monoisotopic (exact) mass is 301 g/mol. The molecule has 4 nitrogen and oxygen atoms in total. The summed E-state index contributed by atoms with van der Waals surface area (Å²) in [6.45, 7) is 2.28. The number of rotatable bonds is 5. The van der Waals surface area contributed by atoms with Crippen molar-refractivity contribution in [3.05, 3.63) is 33.8 Å². The summed E-state index contributed by atoms with van der Waals surface area (Å²) in [5, 5.41) is 2.74. The topological polar surface area (TPSA) is 47.6 Å². The van der Waals surface area contributed by atoms with Crippen molar-refractivity contribution in [2.24, 2.45) is 0 Å². The summed E-state index contributed by atoms with van der Waals surface area (Å²) in [6, 6.07) is 5.58. The van der Waals surface area contributed by atoms with E-state index in [2.05, 4.69) is 21.2 Å². The van der Waals surface area contributed by atoms with E-state index >= 15 is 0 Å². The van der Waals surface area contributed by atoms with Crippen LogP contribution in [0.3, 0.4) is 0 Å². The fourth-order valence-corrected chi connectivity index (χ4v) is 2.01. The fraction of sp³-hybridized carbons (Fsp3) is 0.417. The van der Waals surface area contributed by atoms with Crippen molar-refractivity contribution in [3.63, 3.8) is 0 Å². The zero-order valence-electron chi connectivity index (χ0n) is 10.1. The lowest BCUT2D eigenvalue weighted by molar-refractivity contribution is -0.0974. The number of carbonyl (C=O) groups is 1. The largest absolute Gasteiger partial charge is 0.354 e. The standard InChI is InChI=1S/C12H16BrNO3/c1-8-4-5-9(10(13)6-8)12(15)14-7-11(16-2)17-3/h4-6,11H,7H2,1-3H3,(H,14,15). The Labute approximate surface area is 109 Å². The van der Waals surface area contributed by atoms with Crippen molar-refractivity contribution in [2.45, 2.75) is 13.2 Å². The lowest BCUT2D eigenvalue weighted by Crippen LogP contribution is -2.34. The number of hydrogen-bond acceptors (Lipinski definition) is 3. The van der Waals surface area contributed by atoms with Gasteiger partial charge >= 0.3 is 0 Å². The van der Waals surface area contributed by atoms with E-state index in [-0.39, 0.29) is 5.91 Å². The number of amides is 1. The van der Waals surface area contributed by atoms with Crippen molar-refractivity contribution in [1.82, 2.24) is 5.32 Å². The molecular formula is C12H16BrNO3. The van der Waals surface area contributed by atoms with Gasteiger partial charge in [0.15, 0.2) is 6.29 Å². The van der Waals surface area contributed by atoms with E-state index in [0.29, 0.717) is 12.1 Å². The lowest BCUT2D eigenvalue weighted by atomic mass is 10.1. The van der Waals surface area contributed by atoms with E-state index in [1.807, 2.05) is 19.1 Å².